The number of carbonyl (C=O) groups excluding carboxylic acids is 1. The summed E-state index contributed by atoms with van der Waals surface area (Å²) in [5.74, 6) is 0.290. The molecule has 0 aliphatic rings. The van der Waals surface area contributed by atoms with Crippen molar-refractivity contribution in [3.05, 3.63) is 29.3 Å². The zero-order valence-corrected chi connectivity index (χ0v) is 10.1. The van der Waals surface area contributed by atoms with Crippen molar-refractivity contribution in [1.29, 1.82) is 0 Å². The zero-order valence-electron chi connectivity index (χ0n) is 10.1. The number of ether oxygens (including phenoxy) is 2. The normalized spacial score (nSPS) is 9.94. The van der Waals surface area contributed by atoms with Gasteiger partial charge < -0.3 is 9.47 Å². The maximum absolute atomic E-state index is 11.5. The van der Waals surface area contributed by atoms with E-state index in [1.807, 2.05) is 12.1 Å². The van der Waals surface area contributed by atoms with Crippen LogP contribution >= 0.6 is 0 Å². The molecule has 1 aromatic rings. The molecule has 88 valence electrons. The van der Waals surface area contributed by atoms with Crippen molar-refractivity contribution >= 4 is 5.97 Å². The summed E-state index contributed by atoms with van der Waals surface area (Å²) in [6, 6.07) is 5.57. The predicted octanol–water partition coefficient (Wildman–Crippen LogP) is 2.82. The summed E-state index contributed by atoms with van der Waals surface area (Å²) in [6.45, 7) is 2.14. The molecule has 0 amide bonds. The van der Waals surface area contributed by atoms with Crippen molar-refractivity contribution in [2.75, 3.05) is 14.2 Å². The van der Waals surface area contributed by atoms with Gasteiger partial charge in [0.2, 0.25) is 0 Å². The van der Waals surface area contributed by atoms with Gasteiger partial charge in [0.1, 0.15) is 11.3 Å². The lowest BCUT2D eigenvalue weighted by atomic mass is 10.0. The Morgan fingerprint density at radius 1 is 1.31 bits per heavy atom. The van der Waals surface area contributed by atoms with Gasteiger partial charge in [-0.1, -0.05) is 25.5 Å². The molecular formula is C13H18O3. The Bertz CT molecular complexity index is 358. The molecule has 0 spiro atoms. The minimum absolute atomic E-state index is 0.352. The van der Waals surface area contributed by atoms with Crippen LogP contribution in [0.25, 0.3) is 0 Å². The van der Waals surface area contributed by atoms with E-state index in [9.17, 15) is 4.79 Å². The third-order valence-electron chi connectivity index (χ3n) is 2.51. The van der Waals surface area contributed by atoms with Gasteiger partial charge in [-0.05, 0) is 24.5 Å². The summed E-state index contributed by atoms with van der Waals surface area (Å²) in [6.07, 6.45) is 3.12. The molecule has 0 unspecified atom stereocenters. The quantitative estimate of drug-likeness (QED) is 0.719. The van der Waals surface area contributed by atoms with Crippen LogP contribution in [0.5, 0.6) is 5.75 Å². The van der Waals surface area contributed by atoms with Crippen LogP contribution in [-0.4, -0.2) is 20.2 Å². The molecule has 1 aromatic carbocycles. The molecule has 0 fully saturated rings. The van der Waals surface area contributed by atoms with Gasteiger partial charge in [-0.2, -0.15) is 0 Å². The highest BCUT2D eigenvalue weighted by Crippen LogP contribution is 2.25. The Labute approximate surface area is 96.4 Å². The number of aryl methyl sites for hydroxylation is 1. The second-order valence-corrected chi connectivity index (χ2v) is 3.59. The average molecular weight is 222 g/mol. The molecular weight excluding hydrogens is 204 g/mol. The highest BCUT2D eigenvalue weighted by Gasteiger charge is 2.15. The second-order valence-electron chi connectivity index (χ2n) is 3.59. The highest BCUT2D eigenvalue weighted by molar-refractivity contribution is 5.92. The average Bonchev–Trinajstić information content (AvgIpc) is 2.34. The third-order valence-corrected chi connectivity index (χ3v) is 2.51. The van der Waals surface area contributed by atoms with E-state index >= 15 is 0 Å². The van der Waals surface area contributed by atoms with Gasteiger partial charge in [-0.25, -0.2) is 4.79 Å². The number of unbranched alkanes of at least 4 members (excludes halogenated alkanes) is 1. The van der Waals surface area contributed by atoms with Crippen LogP contribution in [0.2, 0.25) is 0 Å². The van der Waals surface area contributed by atoms with Gasteiger partial charge in [0.15, 0.2) is 0 Å². The van der Waals surface area contributed by atoms with Gasteiger partial charge in [0, 0.05) is 0 Å². The van der Waals surface area contributed by atoms with Crippen molar-refractivity contribution < 1.29 is 14.3 Å². The van der Waals surface area contributed by atoms with Gasteiger partial charge in [0.05, 0.1) is 14.2 Å². The number of para-hydroxylation sites is 1. The van der Waals surface area contributed by atoms with E-state index in [0.29, 0.717) is 11.3 Å². The van der Waals surface area contributed by atoms with E-state index in [-0.39, 0.29) is 5.97 Å². The lowest BCUT2D eigenvalue weighted by Crippen LogP contribution is -2.06. The van der Waals surface area contributed by atoms with E-state index in [1.54, 1.807) is 13.2 Å². The molecule has 3 nitrogen and oxygen atoms in total. The number of esters is 1. The smallest absolute Gasteiger partial charge is 0.341 e. The maximum atomic E-state index is 11.5. The first kappa shape index (κ1) is 12.6. The first-order valence-electron chi connectivity index (χ1n) is 5.48. The molecule has 0 aliphatic carbocycles. The van der Waals surface area contributed by atoms with Crippen LogP contribution in [0.3, 0.4) is 0 Å². The molecule has 1 rings (SSSR count). The van der Waals surface area contributed by atoms with Crippen LogP contribution in [0.1, 0.15) is 35.7 Å². The Kier molecular flexibility index (Phi) is 4.83. The summed E-state index contributed by atoms with van der Waals surface area (Å²) < 4.78 is 10.0. The fraction of sp³-hybridized carbons (Fsp3) is 0.462. The molecule has 0 N–H and O–H groups in total. The van der Waals surface area contributed by atoms with Crippen molar-refractivity contribution in [3.8, 4) is 5.75 Å². The molecule has 3 heteroatoms. The molecule has 0 bridgehead atoms. The molecule has 0 radical (unpaired) electrons. The number of benzene rings is 1. The number of hydrogen-bond donors (Lipinski definition) is 0. The van der Waals surface area contributed by atoms with Crippen LogP contribution in [0.15, 0.2) is 18.2 Å². The SMILES string of the molecule is CCCCc1cccc(C(=O)OC)c1OC. The molecule has 0 aromatic heterocycles. The summed E-state index contributed by atoms with van der Waals surface area (Å²) >= 11 is 0. The van der Waals surface area contributed by atoms with Gasteiger partial charge >= 0.3 is 5.97 Å². The van der Waals surface area contributed by atoms with E-state index in [4.69, 9.17) is 9.47 Å². The van der Waals surface area contributed by atoms with E-state index in [1.165, 1.54) is 7.11 Å². The standard InChI is InChI=1S/C13H18O3/c1-4-5-7-10-8-6-9-11(12(10)15-2)13(14)16-3/h6,8-9H,4-5,7H2,1-3H3. The van der Waals surface area contributed by atoms with Crippen LogP contribution in [-0.2, 0) is 11.2 Å². The van der Waals surface area contributed by atoms with Gasteiger partial charge in [-0.3, -0.25) is 0 Å². The fourth-order valence-corrected chi connectivity index (χ4v) is 1.66. The summed E-state index contributed by atoms with van der Waals surface area (Å²) in [4.78, 5) is 11.5. The minimum atomic E-state index is -0.352. The summed E-state index contributed by atoms with van der Waals surface area (Å²) in [5, 5.41) is 0. The molecule has 16 heavy (non-hydrogen) atoms. The Morgan fingerprint density at radius 2 is 2.06 bits per heavy atom. The lowest BCUT2D eigenvalue weighted by Gasteiger charge is -2.11. The maximum Gasteiger partial charge on any atom is 0.341 e. The van der Waals surface area contributed by atoms with Crippen molar-refractivity contribution in [2.45, 2.75) is 26.2 Å². The van der Waals surface area contributed by atoms with Crippen LogP contribution in [0, 0.1) is 0 Å². The van der Waals surface area contributed by atoms with Crippen LogP contribution in [0.4, 0.5) is 0 Å². The number of hydrogen-bond acceptors (Lipinski definition) is 3. The second kappa shape index (κ2) is 6.16. The van der Waals surface area contributed by atoms with Crippen molar-refractivity contribution in [1.82, 2.24) is 0 Å². The number of carbonyl (C=O) groups is 1. The predicted molar refractivity (Wildman–Crippen MR) is 62.9 cm³/mol. The van der Waals surface area contributed by atoms with Crippen molar-refractivity contribution in [3.63, 3.8) is 0 Å². The summed E-state index contributed by atoms with van der Waals surface area (Å²) in [7, 11) is 2.96. The van der Waals surface area contributed by atoms with E-state index in [0.717, 1.165) is 24.8 Å². The largest absolute Gasteiger partial charge is 0.496 e. The summed E-state index contributed by atoms with van der Waals surface area (Å²) in [5.41, 5.74) is 1.56. The Balaban J connectivity index is 3.05. The van der Waals surface area contributed by atoms with Crippen molar-refractivity contribution in [2.24, 2.45) is 0 Å². The minimum Gasteiger partial charge on any atom is -0.496 e. The van der Waals surface area contributed by atoms with Crippen LogP contribution < -0.4 is 4.74 Å². The number of rotatable bonds is 5. The monoisotopic (exact) mass is 222 g/mol. The molecule has 0 heterocycles. The fourth-order valence-electron chi connectivity index (χ4n) is 1.66. The number of methoxy groups -OCH3 is 2. The molecule has 0 atom stereocenters. The molecule has 0 saturated carbocycles. The Morgan fingerprint density at radius 3 is 2.62 bits per heavy atom. The Hall–Kier alpha value is -1.51. The first-order chi connectivity index (χ1) is 7.74. The molecule has 0 saturated heterocycles. The van der Waals surface area contributed by atoms with E-state index < -0.39 is 0 Å². The first-order valence-corrected chi connectivity index (χ1v) is 5.48. The zero-order chi connectivity index (χ0) is 12.0. The molecule has 0 aliphatic heterocycles. The topological polar surface area (TPSA) is 35.5 Å². The van der Waals surface area contributed by atoms with E-state index in [2.05, 4.69) is 6.92 Å². The lowest BCUT2D eigenvalue weighted by molar-refractivity contribution is 0.0597. The third kappa shape index (κ3) is 2.75. The highest BCUT2D eigenvalue weighted by atomic mass is 16.5. The van der Waals surface area contributed by atoms with Gasteiger partial charge in [0.25, 0.3) is 0 Å². The van der Waals surface area contributed by atoms with Gasteiger partial charge in [-0.15, -0.1) is 0 Å².